The van der Waals surface area contributed by atoms with E-state index in [2.05, 4.69) is 21.5 Å². The maximum absolute atomic E-state index is 13.5. The van der Waals surface area contributed by atoms with E-state index in [0.29, 0.717) is 24.4 Å². The molecule has 0 unspecified atom stereocenters. The largest absolute Gasteiger partial charge is 0.478 e. The minimum Gasteiger partial charge on any atom is -0.478 e. The van der Waals surface area contributed by atoms with Gasteiger partial charge in [-0.3, -0.25) is 14.6 Å². The highest BCUT2D eigenvalue weighted by molar-refractivity contribution is 7.09. The first-order chi connectivity index (χ1) is 18.7. The first-order valence-corrected chi connectivity index (χ1v) is 14.2. The van der Waals surface area contributed by atoms with Gasteiger partial charge in [0.25, 0.3) is 5.91 Å². The van der Waals surface area contributed by atoms with Crippen molar-refractivity contribution in [3.8, 4) is 0 Å². The lowest BCUT2D eigenvalue weighted by Crippen LogP contribution is -2.33. The molecule has 1 aliphatic heterocycles. The van der Waals surface area contributed by atoms with Crippen LogP contribution in [0.3, 0.4) is 0 Å². The third kappa shape index (κ3) is 6.27. The lowest BCUT2D eigenvalue weighted by atomic mass is 10.0. The van der Waals surface area contributed by atoms with E-state index in [1.165, 1.54) is 21.1 Å². The zero-order valence-electron chi connectivity index (χ0n) is 22.9. The van der Waals surface area contributed by atoms with Gasteiger partial charge in [0, 0.05) is 30.6 Å². The van der Waals surface area contributed by atoms with Crippen LogP contribution in [0.2, 0.25) is 0 Å². The van der Waals surface area contributed by atoms with Gasteiger partial charge in [0.15, 0.2) is 0 Å². The number of urea groups is 1. The number of thiazole rings is 1. The predicted molar refractivity (Wildman–Crippen MR) is 150 cm³/mol. The molecule has 1 aromatic carbocycles. The second-order valence-electron chi connectivity index (χ2n) is 9.83. The van der Waals surface area contributed by atoms with Gasteiger partial charge in [0.05, 0.1) is 24.0 Å². The number of aromatic carboxylic acids is 1. The first kappa shape index (κ1) is 28.2. The fourth-order valence-corrected chi connectivity index (χ4v) is 5.41. The van der Waals surface area contributed by atoms with Crippen LogP contribution in [0.25, 0.3) is 6.08 Å². The number of nitrogens with zero attached hydrogens (tertiary/aromatic N) is 5. The quantitative estimate of drug-likeness (QED) is 0.231. The topological polar surface area (TPSA) is 109 Å². The predicted octanol–water partition coefficient (Wildman–Crippen LogP) is 5.65. The standard InChI is InChI=1S/C29H35N5O4S/c1-5-7-9-25-30-15-22(33(25)16-21-10-11-23(28(36)37)19(3)13-21)14-24-27(35)32(12-8-6-2)29(38)34(24)17-26-31-20(4)18-39-26/h10-11,13-15,18H,5-9,12,16-17H2,1-4H3,(H,36,37)/b24-14-. The van der Waals surface area contributed by atoms with Crippen molar-refractivity contribution in [2.75, 3.05) is 6.54 Å². The Balaban J connectivity index is 1.74. The number of unbranched alkanes of at least 4 members (excludes halogenated alkanes) is 2. The van der Waals surface area contributed by atoms with Crippen molar-refractivity contribution in [2.45, 2.75) is 72.9 Å². The molecule has 206 valence electrons. The maximum atomic E-state index is 13.5. The van der Waals surface area contributed by atoms with Crippen LogP contribution in [0.1, 0.15) is 83.2 Å². The second-order valence-corrected chi connectivity index (χ2v) is 10.8. The molecule has 4 rings (SSSR count). The SMILES string of the molecule is CCCCc1ncc(/C=C2/C(=O)N(CCCC)C(=O)N2Cc2nc(C)cs2)n1Cc1ccc(C(=O)O)c(C)c1. The summed E-state index contributed by atoms with van der Waals surface area (Å²) in [5.74, 6) is -0.389. The Kier molecular flexibility index (Phi) is 8.96. The Hall–Kier alpha value is -3.79. The summed E-state index contributed by atoms with van der Waals surface area (Å²) >= 11 is 1.47. The Morgan fingerprint density at radius 3 is 2.49 bits per heavy atom. The lowest BCUT2D eigenvalue weighted by Gasteiger charge is -2.16. The van der Waals surface area contributed by atoms with Crippen molar-refractivity contribution in [1.29, 1.82) is 0 Å². The van der Waals surface area contributed by atoms with Crippen LogP contribution in [0.5, 0.6) is 0 Å². The molecule has 0 saturated carbocycles. The van der Waals surface area contributed by atoms with Crippen molar-refractivity contribution in [2.24, 2.45) is 0 Å². The minimum atomic E-state index is -0.955. The second kappa shape index (κ2) is 12.4. The fourth-order valence-electron chi connectivity index (χ4n) is 4.65. The Bertz CT molecular complexity index is 1410. The van der Waals surface area contributed by atoms with E-state index in [1.54, 1.807) is 25.3 Å². The summed E-state index contributed by atoms with van der Waals surface area (Å²) in [6.45, 7) is 8.90. The number of amides is 3. The molecule has 2 aromatic heterocycles. The molecular weight excluding hydrogens is 514 g/mol. The molecule has 3 heterocycles. The number of imide groups is 1. The highest BCUT2D eigenvalue weighted by Crippen LogP contribution is 2.28. The molecule has 3 aromatic rings. The summed E-state index contributed by atoms with van der Waals surface area (Å²) in [6.07, 6.45) is 7.85. The number of carboxylic acid groups (broad SMARTS) is 1. The van der Waals surface area contributed by atoms with Crippen molar-refractivity contribution < 1.29 is 19.5 Å². The number of carboxylic acids is 1. The monoisotopic (exact) mass is 549 g/mol. The molecule has 10 heteroatoms. The van der Waals surface area contributed by atoms with Crippen LogP contribution in [0.15, 0.2) is 35.5 Å². The van der Waals surface area contributed by atoms with Gasteiger partial charge < -0.3 is 9.67 Å². The molecule has 0 radical (unpaired) electrons. The van der Waals surface area contributed by atoms with Crippen molar-refractivity contribution in [3.63, 3.8) is 0 Å². The van der Waals surface area contributed by atoms with Crippen LogP contribution in [0, 0.1) is 13.8 Å². The molecule has 1 saturated heterocycles. The summed E-state index contributed by atoms with van der Waals surface area (Å²) in [6, 6.07) is 4.98. The molecule has 3 amide bonds. The van der Waals surface area contributed by atoms with Crippen LogP contribution in [0.4, 0.5) is 4.79 Å². The number of carbonyl (C=O) groups excluding carboxylic acids is 2. The van der Waals surface area contributed by atoms with Crippen LogP contribution >= 0.6 is 11.3 Å². The normalized spacial score (nSPS) is 14.7. The molecule has 0 bridgehead atoms. The summed E-state index contributed by atoms with van der Waals surface area (Å²) in [5.41, 5.74) is 3.79. The highest BCUT2D eigenvalue weighted by atomic mass is 32.1. The number of rotatable bonds is 12. The summed E-state index contributed by atoms with van der Waals surface area (Å²) in [5, 5.41) is 12.1. The highest BCUT2D eigenvalue weighted by Gasteiger charge is 2.41. The number of hydrogen-bond acceptors (Lipinski definition) is 6. The molecular formula is C29H35N5O4S. The average Bonchev–Trinajstić information content (AvgIpc) is 3.54. The molecule has 1 N–H and O–H groups in total. The molecule has 39 heavy (non-hydrogen) atoms. The van der Waals surface area contributed by atoms with E-state index in [9.17, 15) is 19.5 Å². The number of carbonyl (C=O) groups is 3. The molecule has 1 fully saturated rings. The van der Waals surface area contributed by atoms with E-state index >= 15 is 0 Å². The van der Waals surface area contributed by atoms with Gasteiger partial charge in [0.1, 0.15) is 16.5 Å². The molecule has 1 aliphatic rings. The number of hydrogen-bond donors (Lipinski definition) is 1. The minimum absolute atomic E-state index is 0.226. The van der Waals surface area contributed by atoms with E-state index in [1.807, 2.05) is 31.4 Å². The zero-order chi connectivity index (χ0) is 28.1. The fraction of sp³-hybridized carbons (Fsp3) is 0.414. The number of aryl methyl sites for hydroxylation is 3. The Labute approximate surface area is 232 Å². The zero-order valence-corrected chi connectivity index (χ0v) is 23.8. The van der Waals surface area contributed by atoms with Crippen molar-refractivity contribution >= 4 is 35.3 Å². The number of imidazole rings is 1. The van der Waals surface area contributed by atoms with Gasteiger partial charge in [-0.25, -0.2) is 19.6 Å². The van der Waals surface area contributed by atoms with Crippen molar-refractivity contribution in [1.82, 2.24) is 24.3 Å². The Morgan fingerprint density at radius 2 is 1.85 bits per heavy atom. The summed E-state index contributed by atoms with van der Waals surface area (Å²) in [7, 11) is 0. The molecule has 9 nitrogen and oxygen atoms in total. The van der Waals surface area contributed by atoms with Gasteiger partial charge in [-0.1, -0.05) is 38.8 Å². The van der Waals surface area contributed by atoms with Gasteiger partial charge in [0.2, 0.25) is 0 Å². The van der Waals surface area contributed by atoms with Gasteiger partial charge in [-0.05, 0) is 50.0 Å². The lowest BCUT2D eigenvalue weighted by molar-refractivity contribution is -0.123. The maximum Gasteiger partial charge on any atom is 0.335 e. The van der Waals surface area contributed by atoms with Gasteiger partial charge in [-0.2, -0.15) is 0 Å². The summed E-state index contributed by atoms with van der Waals surface area (Å²) in [4.78, 5) is 50.4. The number of benzene rings is 1. The van der Waals surface area contributed by atoms with Crippen LogP contribution < -0.4 is 0 Å². The summed E-state index contributed by atoms with van der Waals surface area (Å²) < 4.78 is 2.05. The van der Waals surface area contributed by atoms with Crippen molar-refractivity contribution in [3.05, 3.63) is 74.4 Å². The third-order valence-corrected chi connectivity index (χ3v) is 7.73. The number of aromatic nitrogens is 3. The van der Waals surface area contributed by atoms with E-state index < -0.39 is 5.97 Å². The van der Waals surface area contributed by atoms with Crippen LogP contribution in [-0.2, 0) is 24.3 Å². The van der Waals surface area contributed by atoms with Crippen LogP contribution in [-0.4, -0.2) is 53.9 Å². The van der Waals surface area contributed by atoms with E-state index in [4.69, 9.17) is 0 Å². The molecule has 0 aliphatic carbocycles. The van der Waals surface area contributed by atoms with E-state index in [-0.39, 0.29) is 24.0 Å². The van der Waals surface area contributed by atoms with Gasteiger partial charge in [-0.15, -0.1) is 11.3 Å². The van der Waals surface area contributed by atoms with E-state index in [0.717, 1.165) is 59.9 Å². The Morgan fingerprint density at radius 1 is 1.08 bits per heavy atom. The smallest absolute Gasteiger partial charge is 0.335 e. The third-order valence-electron chi connectivity index (χ3n) is 6.78. The first-order valence-electron chi connectivity index (χ1n) is 13.4. The molecule has 0 spiro atoms. The molecule has 0 atom stereocenters. The average molecular weight is 550 g/mol. The van der Waals surface area contributed by atoms with Gasteiger partial charge >= 0.3 is 12.0 Å².